The Balaban J connectivity index is 2.00. The summed E-state index contributed by atoms with van der Waals surface area (Å²) in [6.45, 7) is 5.97. The van der Waals surface area contributed by atoms with Crippen LogP contribution in [0.3, 0.4) is 0 Å². The lowest BCUT2D eigenvalue weighted by Crippen LogP contribution is -2.45. The van der Waals surface area contributed by atoms with Crippen LogP contribution >= 0.6 is 11.6 Å². The highest BCUT2D eigenvalue weighted by molar-refractivity contribution is 6.30. The molecule has 1 aliphatic heterocycles. The van der Waals surface area contributed by atoms with E-state index in [4.69, 9.17) is 16.3 Å². The summed E-state index contributed by atoms with van der Waals surface area (Å²) >= 11 is 6.00. The summed E-state index contributed by atoms with van der Waals surface area (Å²) < 4.78 is 5.78. The van der Waals surface area contributed by atoms with Crippen molar-refractivity contribution < 1.29 is 4.74 Å². The molecule has 2 atom stereocenters. The van der Waals surface area contributed by atoms with Gasteiger partial charge in [0, 0.05) is 24.0 Å². The van der Waals surface area contributed by atoms with E-state index in [0.717, 1.165) is 24.6 Å². The maximum atomic E-state index is 6.00. The van der Waals surface area contributed by atoms with E-state index in [2.05, 4.69) is 25.2 Å². The van der Waals surface area contributed by atoms with Crippen molar-refractivity contribution in [1.82, 2.24) is 5.32 Å². The molecule has 0 radical (unpaired) electrons. The number of hydrogen-bond acceptors (Lipinski definition) is 2. The second-order valence-electron chi connectivity index (χ2n) is 4.54. The van der Waals surface area contributed by atoms with E-state index in [1.54, 1.807) is 0 Å². The summed E-state index contributed by atoms with van der Waals surface area (Å²) in [7, 11) is 0. The number of rotatable bonds is 2. The Morgan fingerprint density at radius 2 is 2.31 bits per heavy atom. The number of aryl methyl sites for hydroxylation is 1. The first-order valence-corrected chi connectivity index (χ1v) is 6.13. The molecule has 1 heterocycles. The molecule has 0 aliphatic carbocycles. The van der Waals surface area contributed by atoms with Crippen LogP contribution in [0, 0.1) is 6.92 Å². The Hall–Kier alpha value is -0.570. The van der Waals surface area contributed by atoms with Crippen molar-refractivity contribution in [2.45, 2.75) is 32.4 Å². The molecule has 2 unspecified atom stereocenters. The molecule has 2 nitrogen and oxygen atoms in total. The molecule has 0 spiro atoms. The maximum Gasteiger partial charge on any atom is 0.0740 e. The third kappa shape index (κ3) is 2.97. The molecule has 3 heteroatoms. The topological polar surface area (TPSA) is 21.3 Å². The van der Waals surface area contributed by atoms with Gasteiger partial charge >= 0.3 is 0 Å². The van der Waals surface area contributed by atoms with E-state index in [0.29, 0.717) is 6.04 Å². The Morgan fingerprint density at radius 1 is 1.50 bits per heavy atom. The Bertz CT molecular complexity index is 359. The zero-order valence-corrected chi connectivity index (χ0v) is 10.6. The molecule has 0 amide bonds. The highest BCUT2D eigenvalue weighted by atomic mass is 35.5. The first kappa shape index (κ1) is 11.9. The van der Waals surface area contributed by atoms with Gasteiger partial charge in [0.1, 0.15) is 0 Å². The van der Waals surface area contributed by atoms with Crippen molar-refractivity contribution in [1.29, 1.82) is 0 Å². The molecule has 1 aromatic carbocycles. The van der Waals surface area contributed by atoms with Crippen LogP contribution in [0.1, 0.15) is 18.1 Å². The standard InChI is InChI=1S/C13H18ClNO/c1-9-3-4-12(14)5-11(9)6-13-7-15-10(2)8-16-13/h3-5,10,13,15H,6-8H2,1-2H3. The van der Waals surface area contributed by atoms with Crippen molar-refractivity contribution in [3.63, 3.8) is 0 Å². The SMILES string of the molecule is Cc1ccc(Cl)cc1CC1CNC(C)CO1. The minimum absolute atomic E-state index is 0.272. The van der Waals surface area contributed by atoms with Gasteiger partial charge < -0.3 is 10.1 Å². The molecular weight excluding hydrogens is 222 g/mol. The van der Waals surface area contributed by atoms with E-state index < -0.39 is 0 Å². The quantitative estimate of drug-likeness (QED) is 0.857. The number of halogens is 1. The number of benzene rings is 1. The van der Waals surface area contributed by atoms with E-state index in [9.17, 15) is 0 Å². The van der Waals surface area contributed by atoms with Gasteiger partial charge in [-0.15, -0.1) is 0 Å². The Morgan fingerprint density at radius 3 is 3.00 bits per heavy atom. The fourth-order valence-corrected chi connectivity index (χ4v) is 2.16. The van der Waals surface area contributed by atoms with Crippen LogP contribution in [0.2, 0.25) is 5.02 Å². The lowest BCUT2D eigenvalue weighted by Gasteiger charge is -2.28. The molecule has 1 aromatic rings. The second kappa shape index (κ2) is 5.17. The van der Waals surface area contributed by atoms with Crippen molar-refractivity contribution in [3.8, 4) is 0 Å². The number of morpholine rings is 1. The van der Waals surface area contributed by atoms with Gasteiger partial charge in [-0.25, -0.2) is 0 Å². The van der Waals surface area contributed by atoms with Crippen molar-refractivity contribution in [2.75, 3.05) is 13.2 Å². The van der Waals surface area contributed by atoms with E-state index >= 15 is 0 Å². The summed E-state index contributed by atoms with van der Waals surface area (Å²) in [6.07, 6.45) is 1.21. The predicted molar refractivity (Wildman–Crippen MR) is 67.1 cm³/mol. The van der Waals surface area contributed by atoms with Gasteiger partial charge in [0.15, 0.2) is 0 Å². The lowest BCUT2D eigenvalue weighted by atomic mass is 10.0. The van der Waals surface area contributed by atoms with Crippen molar-refractivity contribution in [3.05, 3.63) is 34.3 Å². The summed E-state index contributed by atoms with van der Waals surface area (Å²) in [5, 5.41) is 4.23. The van der Waals surface area contributed by atoms with Crippen LogP contribution in [0.15, 0.2) is 18.2 Å². The molecule has 1 N–H and O–H groups in total. The molecule has 2 rings (SSSR count). The molecule has 16 heavy (non-hydrogen) atoms. The van der Waals surface area contributed by atoms with E-state index in [1.165, 1.54) is 11.1 Å². The summed E-state index contributed by atoms with van der Waals surface area (Å²) in [4.78, 5) is 0. The second-order valence-corrected chi connectivity index (χ2v) is 4.98. The van der Waals surface area contributed by atoms with Gasteiger partial charge in [0.2, 0.25) is 0 Å². The van der Waals surface area contributed by atoms with Crippen molar-refractivity contribution >= 4 is 11.6 Å². The molecule has 0 bridgehead atoms. The van der Waals surface area contributed by atoms with Gasteiger partial charge in [0.05, 0.1) is 12.7 Å². The number of ether oxygens (including phenoxy) is 1. The Kier molecular flexibility index (Phi) is 3.85. The normalized spacial score (nSPS) is 25.7. The fraction of sp³-hybridized carbons (Fsp3) is 0.538. The summed E-state index contributed by atoms with van der Waals surface area (Å²) in [6, 6.07) is 6.51. The van der Waals surface area contributed by atoms with E-state index in [1.807, 2.05) is 12.1 Å². The molecular formula is C13H18ClNO. The minimum atomic E-state index is 0.272. The molecule has 1 aliphatic rings. The van der Waals surface area contributed by atoms with Crippen LogP contribution < -0.4 is 5.32 Å². The molecule has 1 fully saturated rings. The Labute approximate surface area is 102 Å². The first-order chi connectivity index (χ1) is 7.65. The molecule has 0 saturated carbocycles. The first-order valence-electron chi connectivity index (χ1n) is 5.75. The fourth-order valence-electron chi connectivity index (χ4n) is 1.97. The number of nitrogens with one attached hydrogen (secondary N) is 1. The summed E-state index contributed by atoms with van der Waals surface area (Å²) in [5.74, 6) is 0. The highest BCUT2D eigenvalue weighted by Crippen LogP contribution is 2.18. The maximum absolute atomic E-state index is 6.00. The zero-order valence-electron chi connectivity index (χ0n) is 9.79. The van der Waals surface area contributed by atoms with Crippen LogP contribution in [-0.2, 0) is 11.2 Å². The molecule has 1 saturated heterocycles. The van der Waals surface area contributed by atoms with Crippen LogP contribution in [0.4, 0.5) is 0 Å². The zero-order chi connectivity index (χ0) is 11.5. The van der Waals surface area contributed by atoms with Crippen molar-refractivity contribution in [2.24, 2.45) is 0 Å². The van der Waals surface area contributed by atoms with Crippen LogP contribution in [-0.4, -0.2) is 25.3 Å². The average Bonchev–Trinajstić information content (AvgIpc) is 2.27. The lowest BCUT2D eigenvalue weighted by molar-refractivity contribution is 0.00874. The third-order valence-electron chi connectivity index (χ3n) is 3.03. The van der Waals surface area contributed by atoms with Gasteiger partial charge in [-0.3, -0.25) is 0 Å². The largest absolute Gasteiger partial charge is 0.375 e. The average molecular weight is 240 g/mol. The highest BCUT2D eigenvalue weighted by Gasteiger charge is 2.18. The van der Waals surface area contributed by atoms with Gasteiger partial charge in [0.25, 0.3) is 0 Å². The van der Waals surface area contributed by atoms with Gasteiger partial charge in [-0.05, 0) is 37.1 Å². The molecule has 0 aromatic heterocycles. The summed E-state index contributed by atoms with van der Waals surface area (Å²) in [5.41, 5.74) is 2.57. The predicted octanol–water partition coefficient (Wildman–Crippen LogP) is 2.57. The monoisotopic (exact) mass is 239 g/mol. The minimum Gasteiger partial charge on any atom is -0.375 e. The smallest absolute Gasteiger partial charge is 0.0740 e. The van der Waals surface area contributed by atoms with Gasteiger partial charge in [-0.1, -0.05) is 17.7 Å². The third-order valence-corrected chi connectivity index (χ3v) is 3.27. The number of hydrogen-bond donors (Lipinski definition) is 1. The van der Waals surface area contributed by atoms with E-state index in [-0.39, 0.29) is 6.10 Å². The van der Waals surface area contributed by atoms with Crippen LogP contribution in [0.5, 0.6) is 0 Å². The van der Waals surface area contributed by atoms with Gasteiger partial charge in [-0.2, -0.15) is 0 Å². The van der Waals surface area contributed by atoms with Crippen LogP contribution in [0.25, 0.3) is 0 Å². The molecule has 88 valence electrons.